The third-order valence-electron chi connectivity index (χ3n) is 3.61. The van der Waals surface area contributed by atoms with Crippen molar-refractivity contribution in [1.29, 1.82) is 0 Å². The first-order chi connectivity index (χ1) is 11.6. The van der Waals surface area contributed by atoms with Crippen LogP contribution in [0.15, 0.2) is 24.3 Å². The molecule has 2 atom stereocenters. The number of hydrogen-bond donors (Lipinski definition) is 3. The van der Waals surface area contributed by atoms with Crippen LogP contribution in [-0.2, 0) is 9.53 Å². The number of carbonyl (C=O) groups excluding carboxylic acids is 2. The molecular weight excluding hydrogens is 328 g/mol. The second-order valence-electron chi connectivity index (χ2n) is 6.91. The SMILES string of the molecule is CC(C)(C)OC(=O)N1CC(O)CC1C(=O)Nc1ccc(C(=O)O)cc1. The number of benzene rings is 1. The van der Waals surface area contributed by atoms with Gasteiger partial charge in [0.1, 0.15) is 11.6 Å². The molecule has 0 aromatic heterocycles. The topological polar surface area (TPSA) is 116 Å². The molecule has 1 fully saturated rings. The molecule has 25 heavy (non-hydrogen) atoms. The van der Waals surface area contributed by atoms with E-state index < -0.39 is 35.7 Å². The number of carboxylic acid groups (broad SMARTS) is 1. The van der Waals surface area contributed by atoms with Gasteiger partial charge < -0.3 is 20.3 Å². The highest BCUT2D eigenvalue weighted by Gasteiger charge is 2.40. The fourth-order valence-electron chi connectivity index (χ4n) is 2.51. The molecule has 1 heterocycles. The van der Waals surface area contributed by atoms with Crippen LogP contribution < -0.4 is 5.32 Å². The second kappa shape index (κ2) is 7.10. The lowest BCUT2D eigenvalue weighted by molar-refractivity contribution is -0.120. The third-order valence-corrected chi connectivity index (χ3v) is 3.61. The Labute approximate surface area is 145 Å². The zero-order valence-electron chi connectivity index (χ0n) is 14.4. The molecule has 0 radical (unpaired) electrons. The van der Waals surface area contributed by atoms with Gasteiger partial charge in [0.2, 0.25) is 5.91 Å². The van der Waals surface area contributed by atoms with Crippen LogP contribution in [0.4, 0.5) is 10.5 Å². The number of amides is 2. The standard InChI is InChI=1S/C17H22N2O6/c1-17(2,3)25-16(24)19-9-12(20)8-13(19)14(21)18-11-6-4-10(5-7-11)15(22)23/h4-7,12-13,20H,8-9H2,1-3H3,(H,18,21)(H,22,23). The summed E-state index contributed by atoms with van der Waals surface area (Å²) < 4.78 is 5.27. The number of nitrogens with zero attached hydrogens (tertiary/aromatic N) is 1. The van der Waals surface area contributed by atoms with Crippen molar-refractivity contribution in [3.63, 3.8) is 0 Å². The minimum absolute atomic E-state index is 0.0188. The maximum atomic E-state index is 12.5. The van der Waals surface area contributed by atoms with Gasteiger partial charge in [-0.1, -0.05) is 0 Å². The molecule has 1 aliphatic heterocycles. The normalized spacial score (nSPS) is 20.2. The molecule has 1 aromatic rings. The molecule has 0 aliphatic carbocycles. The van der Waals surface area contributed by atoms with Crippen LogP contribution >= 0.6 is 0 Å². The van der Waals surface area contributed by atoms with Crippen molar-refractivity contribution in [3.05, 3.63) is 29.8 Å². The van der Waals surface area contributed by atoms with Crippen LogP contribution in [0.5, 0.6) is 0 Å². The Morgan fingerprint density at radius 2 is 1.80 bits per heavy atom. The van der Waals surface area contributed by atoms with Gasteiger partial charge in [-0.2, -0.15) is 0 Å². The number of carboxylic acids is 1. The van der Waals surface area contributed by atoms with Gasteiger partial charge in [0.15, 0.2) is 0 Å². The molecule has 0 bridgehead atoms. The van der Waals surface area contributed by atoms with Crippen molar-refractivity contribution >= 4 is 23.7 Å². The van der Waals surface area contributed by atoms with E-state index in [4.69, 9.17) is 9.84 Å². The van der Waals surface area contributed by atoms with Crippen LogP contribution in [0.3, 0.4) is 0 Å². The predicted octanol–water partition coefficient (Wildman–Crippen LogP) is 1.69. The summed E-state index contributed by atoms with van der Waals surface area (Å²) in [5.41, 5.74) is -0.205. The fourth-order valence-corrected chi connectivity index (χ4v) is 2.51. The molecule has 1 aliphatic rings. The molecular formula is C17H22N2O6. The van der Waals surface area contributed by atoms with Gasteiger partial charge in [0.25, 0.3) is 0 Å². The minimum Gasteiger partial charge on any atom is -0.478 e. The first kappa shape index (κ1) is 18.7. The summed E-state index contributed by atoms with van der Waals surface area (Å²) in [5.74, 6) is -1.53. The largest absolute Gasteiger partial charge is 0.478 e. The Hall–Kier alpha value is -2.61. The van der Waals surface area contributed by atoms with E-state index in [-0.39, 0.29) is 18.5 Å². The Morgan fingerprint density at radius 1 is 1.20 bits per heavy atom. The molecule has 1 aromatic carbocycles. The van der Waals surface area contributed by atoms with Gasteiger partial charge in [-0.25, -0.2) is 9.59 Å². The minimum atomic E-state index is -1.06. The Morgan fingerprint density at radius 3 is 2.32 bits per heavy atom. The molecule has 2 unspecified atom stereocenters. The number of hydrogen-bond acceptors (Lipinski definition) is 5. The summed E-state index contributed by atoms with van der Waals surface area (Å²) >= 11 is 0. The lowest BCUT2D eigenvalue weighted by Crippen LogP contribution is -2.45. The average molecular weight is 350 g/mol. The quantitative estimate of drug-likeness (QED) is 0.764. The van der Waals surface area contributed by atoms with E-state index in [1.807, 2.05) is 0 Å². The summed E-state index contributed by atoms with van der Waals surface area (Å²) in [6.45, 7) is 5.18. The summed E-state index contributed by atoms with van der Waals surface area (Å²) in [7, 11) is 0. The highest BCUT2D eigenvalue weighted by molar-refractivity contribution is 5.97. The Balaban J connectivity index is 2.07. The number of rotatable bonds is 3. The van der Waals surface area contributed by atoms with Crippen molar-refractivity contribution in [1.82, 2.24) is 4.90 Å². The van der Waals surface area contributed by atoms with E-state index in [9.17, 15) is 19.5 Å². The van der Waals surface area contributed by atoms with Crippen LogP contribution in [0.1, 0.15) is 37.6 Å². The number of carbonyl (C=O) groups is 3. The average Bonchev–Trinajstić information content (AvgIpc) is 2.88. The maximum Gasteiger partial charge on any atom is 0.411 e. The highest BCUT2D eigenvalue weighted by Crippen LogP contribution is 2.23. The van der Waals surface area contributed by atoms with E-state index in [1.54, 1.807) is 20.8 Å². The predicted molar refractivity (Wildman–Crippen MR) is 89.4 cm³/mol. The number of aromatic carboxylic acids is 1. The molecule has 2 amide bonds. The van der Waals surface area contributed by atoms with Crippen molar-refractivity contribution < 1.29 is 29.3 Å². The first-order valence-electron chi connectivity index (χ1n) is 7.89. The number of nitrogens with one attached hydrogen (secondary N) is 1. The molecule has 0 saturated carbocycles. The number of likely N-dealkylation sites (tertiary alicyclic amines) is 1. The molecule has 8 nitrogen and oxygen atoms in total. The fraction of sp³-hybridized carbons (Fsp3) is 0.471. The number of β-amino-alcohol motifs (C(OH)–C–C–N with tert-alkyl or cyclic N) is 1. The van der Waals surface area contributed by atoms with Gasteiger partial charge in [0.05, 0.1) is 18.2 Å². The van der Waals surface area contributed by atoms with Crippen molar-refractivity contribution in [2.24, 2.45) is 0 Å². The van der Waals surface area contributed by atoms with Gasteiger partial charge in [-0.3, -0.25) is 9.69 Å². The van der Waals surface area contributed by atoms with E-state index in [1.165, 1.54) is 29.2 Å². The lowest BCUT2D eigenvalue weighted by Gasteiger charge is -2.27. The first-order valence-corrected chi connectivity index (χ1v) is 7.89. The summed E-state index contributed by atoms with van der Waals surface area (Å²) in [6, 6.07) is 4.80. The van der Waals surface area contributed by atoms with Crippen LogP contribution in [0.2, 0.25) is 0 Å². The molecule has 136 valence electrons. The van der Waals surface area contributed by atoms with E-state index in [0.717, 1.165) is 0 Å². The second-order valence-corrected chi connectivity index (χ2v) is 6.91. The summed E-state index contributed by atoms with van der Waals surface area (Å²) in [4.78, 5) is 36.8. The van der Waals surface area contributed by atoms with E-state index >= 15 is 0 Å². The molecule has 2 rings (SSSR count). The highest BCUT2D eigenvalue weighted by atomic mass is 16.6. The zero-order valence-corrected chi connectivity index (χ0v) is 14.4. The van der Waals surface area contributed by atoms with Crippen molar-refractivity contribution in [2.75, 3.05) is 11.9 Å². The molecule has 3 N–H and O–H groups in total. The van der Waals surface area contributed by atoms with Crippen molar-refractivity contribution in [2.45, 2.75) is 44.9 Å². The lowest BCUT2D eigenvalue weighted by atomic mass is 10.1. The number of aliphatic hydroxyl groups is 1. The van der Waals surface area contributed by atoms with E-state index in [2.05, 4.69) is 5.32 Å². The van der Waals surface area contributed by atoms with Gasteiger partial charge >= 0.3 is 12.1 Å². The smallest absolute Gasteiger partial charge is 0.411 e. The zero-order chi connectivity index (χ0) is 18.8. The molecule has 0 spiro atoms. The Bertz CT molecular complexity index is 665. The summed E-state index contributed by atoms with van der Waals surface area (Å²) in [6.07, 6.45) is -1.36. The van der Waals surface area contributed by atoms with Gasteiger partial charge in [0, 0.05) is 12.1 Å². The van der Waals surface area contributed by atoms with Crippen LogP contribution in [0, 0.1) is 0 Å². The molecule has 8 heteroatoms. The third kappa shape index (κ3) is 4.93. The summed E-state index contributed by atoms with van der Waals surface area (Å²) in [5, 5.41) is 21.3. The van der Waals surface area contributed by atoms with Gasteiger partial charge in [-0.15, -0.1) is 0 Å². The van der Waals surface area contributed by atoms with E-state index in [0.29, 0.717) is 5.69 Å². The van der Waals surface area contributed by atoms with Crippen molar-refractivity contribution in [3.8, 4) is 0 Å². The monoisotopic (exact) mass is 350 g/mol. The Kier molecular flexibility index (Phi) is 5.32. The maximum absolute atomic E-state index is 12.5. The molecule has 1 saturated heterocycles. The number of anilines is 1. The van der Waals surface area contributed by atoms with Crippen LogP contribution in [0.25, 0.3) is 0 Å². The van der Waals surface area contributed by atoms with Crippen LogP contribution in [-0.4, -0.2) is 57.4 Å². The van der Waals surface area contributed by atoms with Gasteiger partial charge in [-0.05, 0) is 45.0 Å². The number of aliphatic hydroxyl groups excluding tert-OH is 1. The number of ether oxygens (including phenoxy) is 1.